The first-order chi connectivity index (χ1) is 11.1. The van der Waals surface area contributed by atoms with E-state index in [4.69, 9.17) is 0 Å². The zero-order valence-corrected chi connectivity index (χ0v) is 12.6. The van der Waals surface area contributed by atoms with Crippen molar-refractivity contribution in [1.29, 1.82) is 0 Å². The number of nitrogens with zero attached hydrogens (tertiary/aromatic N) is 1. The van der Waals surface area contributed by atoms with Crippen LogP contribution in [0.5, 0.6) is 0 Å². The van der Waals surface area contributed by atoms with Crippen LogP contribution in [0, 0.1) is 0 Å². The highest BCUT2D eigenvalue weighted by molar-refractivity contribution is 6.00. The Bertz CT molecular complexity index is 868. The fourth-order valence-corrected chi connectivity index (χ4v) is 2.57. The highest BCUT2D eigenvalue weighted by Crippen LogP contribution is 2.18. The Morgan fingerprint density at radius 2 is 1.83 bits per heavy atom. The van der Waals surface area contributed by atoms with Crippen molar-refractivity contribution in [2.45, 2.75) is 6.04 Å². The number of aliphatic carboxylic acids is 1. The number of carboxylic acid groups (broad SMARTS) is 1. The molecule has 2 aromatic carbocycles. The maximum atomic E-state index is 12.4. The summed E-state index contributed by atoms with van der Waals surface area (Å²) < 4.78 is 1.96. The quantitative estimate of drug-likeness (QED) is 0.778. The van der Waals surface area contributed by atoms with Crippen LogP contribution in [0.15, 0.2) is 60.8 Å². The van der Waals surface area contributed by atoms with E-state index in [0.717, 1.165) is 10.9 Å². The van der Waals surface area contributed by atoms with Gasteiger partial charge in [-0.3, -0.25) is 4.79 Å². The number of carbonyl (C=O) groups excluding carboxylic acids is 1. The number of carboxylic acids is 1. The number of hydrogen-bond donors (Lipinski definition) is 2. The van der Waals surface area contributed by atoms with Crippen molar-refractivity contribution >= 4 is 22.8 Å². The van der Waals surface area contributed by atoms with Crippen molar-refractivity contribution in [2.75, 3.05) is 0 Å². The molecule has 0 fully saturated rings. The molecule has 1 unspecified atom stereocenters. The van der Waals surface area contributed by atoms with Crippen LogP contribution < -0.4 is 5.32 Å². The minimum atomic E-state index is -1.09. The Labute approximate surface area is 133 Å². The zero-order valence-electron chi connectivity index (χ0n) is 12.6. The van der Waals surface area contributed by atoms with E-state index in [-0.39, 0.29) is 0 Å². The summed E-state index contributed by atoms with van der Waals surface area (Å²) in [5.41, 5.74) is 1.99. The highest BCUT2D eigenvalue weighted by Gasteiger charge is 2.22. The van der Waals surface area contributed by atoms with E-state index in [1.165, 1.54) is 0 Å². The molecule has 3 rings (SSSR count). The summed E-state index contributed by atoms with van der Waals surface area (Å²) in [6, 6.07) is 14.8. The number of nitrogens with one attached hydrogen (secondary N) is 1. The first-order valence-electron chi connectivity index (χ1n) is 7.20. The van der Waals surface area contributed by atoms with Gasteiger partial charge in [0.25, 0.3) is 5.91 Å². The van der Waals surface area contributed by atoms with E-state index >= 15 is 0 Å². The molecule has 5 heteroatoms. The fraction of sp³-hybridized carbons (Fsp3) is 0.111. The van der Waals surface area contributed by atoms with E-state index in [0.29, 0.717) is 11.1 Å². The van der Waals surface area contributed by atoms with Crippen LogP contribution in [0.4, 0.5) is 0 Å². The molecule has 0 aliphatic rings. The third kappa shape index (κ3) is 2.94. The van der Waals surface area contributed by atoms with Crippen molar-refractivity contribution in [3.63, 3.8) is 0 Å². The lowest BCUT2D eigenvalue weighted by Gasteiger charge is -2.15. The molecule has 116 valence electrons. The van der Waals surface area contributed by atoms with Crippen molar-refractivity contribution in [3.05, 3.63) is 71.9 Å². The summed E-state index contributed by atoms with van der Waals surface area (Å²) in [5.74, 6) is -1.50. The minimum Gasteiger partial charge on any atom is -0.479 e. The van der Waals surface area contributed by atoms with Gasteiger partial charge in [0.1, 0.15) is 0 Å². The molecular formula is C18H16N2O3. The van der Waals surface area contributed by atoms with Gasteiger partial charge >= 0.3 is 5.97 Å². The first kappa shape index (κ1) is 14.8. The molecule has 0 aliphatic carbocycles. The Morgan fingerprint density at radius 1 is 1.09 bits per heavy atom. The van der Waals surface area contributed by atoms with Gasteiger partial charge in [0.2, 0.25) is 0 Å². The number of carbonyl (C=O) groups is 2. The van der Waals surface area contributed by atoms with E-state index in [2.05, 4.69) is 5.32 Å². The van der Waals surface area contributed by atoms with E-state index < -0.39 is 17.9 Å². The molecule has 0 radical (unpaired) electrons. The second-order valence-corrected chi connectivity index (χ2v) is 5.36. The van der Waals surface area contributed by atoms with Gasteiger partial charge in [0, 0.05) is 29.7 Å². The number of rotatable bonds is 4. The second kappa shape index (κ2) is 5.96. The molecule has 0 saturated carbocycles. The third-order valence-electron chi connectivity index (χ3n) is 3.80. The molecular weight excluding hydrogens is 292 g/mol. The lowest BCUT2D eigenvalue weighted by atomic mass is 10.1. The van der Waals surface area contributed by atoms with E-state index in [1.54, 1.807) is 42.5 Å². The molecule has 5 nitrogen and oxygen atoms in total. The molecule has 1 atom stereocenters. The summed E-state index contributed by atoms with van der Waals surface area (Å²) in [6.07, 6.45) is 1.91. The number of fused-ring (bicyclic) bond motifs is 1. The fourth-order valence-electron chi connectivity index (χ4n) is 2.57. The molecule has 0 spiro atoms. The lowest BCUT2D eigenvalue weighted by molar-refractivity contribution is -0.139. The molecule has 1 aromatic heterocycles. The van der Waals surface area contributed by atoms with Crippen LogP contribution in [0.1, 0.15) is 22.0 Å². The smallest absolute Gasteiger partial charge is 0.330 e. The van der Waals surface area contributed by atoms with Crippen molar-refractivity contribution in [2.24, 2.45) is 7.05 Å². The summed E-state index contributed by atoms with van der Waals surface area (Å²) >= 11 is 0. The van der Waals surface area contributed by atoms with Crippen molar-refractivity contribution < 1.29 is 14.7 Å². The first-order valence-corrected chi connectivity index (χ1v) is 7.20. The zero-order chi connectivity index (χ0) is 16.4. The molecule has 0 saturated heterocycles. The highest BCUT2D eigenvalue weighted by atomic mass is 16.4. The lowest BCUT2D eigenvalue weighted by Crippen LogP contribution is -2.33. The molecule has 3 aromatic rings. The van der Waals surface area contributed by atoms with Gasteiger partial charge in [0.05, 0.1) is 0 Å². The van der Waals surface area contributed by atoms with Crippen LogP contribution in [0.3, 0.4) is 0 Å². The molecule has 0 bridgehead atoms. The van der Waals surface area contributed by atoms with Crippen molar-refractivity contribution in [1.82, 2.24) is 9.88 Å². The number of hydrogen-bond acceptors (Lipinski definition) is 2. The van der Waals surface area contributed by atoms with Crippen molar-refractivity contribution in [3.8, 4) is 0 Å². The number of aryl methyl sites for hydroxylation is 1. The SMILES string of the molecule is Cn1ccc2cc(C(=O)NC(C(=O)O)c3ccccc3)ccc21. The van der Waals surface area contributed by atoms with E-state index in [1.807, 2.05) is 29.9 Å². The predicted molar refractivity (Wildman–Crippen MR) is 87.2 cm³/mol. The number of benzene rings is 2. The summed E-state index contributed by atoms with van der Waals surface area (Å²) in [7, 11) is 1.93. The van der Waals surface area contributed by atoms with Gasteiger partial charge < -0.3 is 15.0 Å². The number of aromatic nitrogens is 1. The summed E-state index contributed by atoms with van der Waals surface area (Å²) in [4.78, 5) is 23.9. The summed E-state index contributed by atoms with van der Waals surface area (Å²) in [6.45, 7) is 0. The largest absolute Gasteiger partial charge is 0.479 e. The van der Waals surface area contributed by atoms with E-state index in [9.17, 15) is 14.7 Å². The van der Waals surface area contributed by atoms with Crippen LogP contribution in [0.2, 0.25) is 0 Å². The van der Waals surface area contributed by atoms with Crippen LogP contribution >= 0.6 is 0 Å². The van der Waals surface area contributed by atoms with Gasteiger partial charge in [-0.25, -0.2) is 4.79 Å². The van der Waals surface area contributed by atoms with Gasteiger partial charge in [-0.15, -0.1) is 0 Å². The molecule has 1 heterocycles. The topological polar surface area (TPSA) is 71.3 Å². The molecule has 1 amide bonds. The van der Waals surface area contributed by atoms with Crippen LogP contribution in [-0.2, 0) is 11.8 Å². The molecule has 0 aliphatic heterocycles. The normalized spacial score (nSPS) is 12.0. The standard InChI is InChI=1S/C18H16N2O3/c1-20-10-9-13-11-14(7-8-15(13)20)17(21)19-16(18(22)23)12-5-3-2-4-6-12/h2-11,16H,1H3,(H,19,21)(H,22,23). The Morgan fingerprint density at radius 3 is 2.52 bits per heavy atom. The number of amides is 1. The second-order valence-electron chi connectivity index (χ2n) is 5.36. The van der Waals surface area contributed by atoms with Gasteiger partial charge in [-0.05, 0) is 29.8 Å². The Balaban J connectivity index is 1.87. The average Bonchev–Trinajstić information content (AvgIpc) is 2.93. The Kier molecular flexibility index (Phi) is 3.85. The van der Waals surface area contributed by atoms with Crippen LogP contribution in [-0.4, -0.2) is 21.6 Å². The van der Waals surface area contributed by atoms with Gasteiger partial charge in [-0.1, -0.05) is 30.3 Å². The third-order valence-corrected chi connectivity index (χ3v) is 3.80. The average molecular weight is 308 g/mol. The Hall–Kier alpha value is -3.08. The predicted octanol–water partition coefficient (Wildman–Crippen LogP) is 2.73. The van der Waals surface area contributed by atoms with Crippen LogP contribution in [0.25, 0.3) is 10.9 Å². The molecule has 2 N–H and O–H groups in total. The van der Waals surface area contributed by atoms with Gasteiger partial charge in [-0.2, -0.15) is 0 Å². The monoisotopic (exact) mass is 308 g/mol. The summed E-state index contributed by atoms with van der Waals surface area (Å²) in [5, 5.41) is 12.9. The maximum Gasteiger partial charge on any atom is 0.330 e. The maximum absolute atomic E-state index is 12.4. The van der Waals surface area contributed by atoms with Gasteiger partial charge in [0.15, 0.2) is 6.04 Å². The molecule has 23 heavy (non-hydrogen) atoms. The minimum absolute atomic E-state index is 0.410.